The summed E-state index contributed by atoms with van der Waals surface area (Å²) in [7, 11) is 3.12. The van der Waals surface area contributed by atoms with Crippen LogP contribution in [0.3, 0.4) is 0 Å². The molecule has 0 aliphatic carbocycles. The summed E-state index contributed by atoms with van der Waals surface area (Å²) >= 11 is 0. The van der Waals surface area contributed by atoms with E-state index in [1.54, 1.807) is 38.2 Å². The first kappa shape index (κ1) is 20.4. The van der Waals surface area contributed by atoms with Crippen LogP contribution >= 0.6 is 0 Å². The normalized spacial score (nSPS) is 12.4. The fraction of sp³-hybridized carbons (Fsp3) is 0.316. The lowest BCUT2D eigenvalue weighted by Crippen LogP contribution is -2.38. The molecule has 8 heteroatoms. The maximum atomic E-state index is 12.7. The van der Waals surface area contributed by atoms with Gasteiger partial charge in [0.15, 0.2) is 0 Å². The summed E-state index contributed by atoms with van der Waals surface area (Å²) in [6.45, 7) is 1.76. The minimum Gasteiger partial charge on any atom is -0.359 e. The van der Waals surface area contributed by atoms with Gasteiger partial charge in [-0.1, -0.05) is 12.1 Å². The highest BCUT2D eigenvalue weighted by Gasteiger charge is 2.30. The van der Waals surface area contributed by atoms with Gasteiger partial charge in [-0.2, -0.15) is 13.2 Å². The Kier molecular flexibility index (Phi) is 6.20. The smallest absolute Gasteiger partial charge is 0.359 e. The van der Waals surface area contributed by atoms with Gasteiger partial charge in [0, 0.05) is 43.9 Å². The molecule has 0 aliphatic heterocycles. The molecule has 1 heterocycles. The molecule has 1 aromatic heterocycles. The van der Waals surface area contributed by atoms with E-state index in [9.17, 15) is 22.8 Å². The van der Waals surface area contributed by atoms with Crippen LogP contribution in [-0.4, -0.2) is 41.8 Å². The van der Waals surface area contributed by atoms with E-state index in [-0.39, 0.29) is 24.3 Å². The van der Waals surface area contributed by atoms with Crippen molar-refractivity contribution in [2.45, 2.75) is 25.6 Å². The Morgan fingerprint density at radius 2 is 1.93 bits per heavy atom. The predicted molar refractivity (Wildman–Crippen MR) is 94.9 cm³/mol. The van der Waals surface area contributed by atoms with E-state index in [1.807, 2.05) is 0 Å². The Hall–Kier alpha value is -2.90. The molecule has 27 heavy (non-hydrogen) atoms. The zero-order valence-corrected chi connectivity index (χ0v) is 15.2. The number of alkyl halides is 3. The summed E-state index contributed by atoms with van der Waals surface area (Å²) in [5, 5.41) is 2.51. The van der Waals surface area contributed by atoms with Crippen molar-refractivity contribution in [3.63, 3.8) is 0 Å². The Morgan fingerprint density at radius 3 is 2.48 bits per heavy atom. The summed E-state index contributed by atoms with van der Waals surface area (Å²) in [6, 6.07) is 8.39. The third-order valence-electron chi connectivity index (χ3n) is 4.24. The number of benzene rings is 1. The van der Waals surface area contributed by atoms with Gasteiger partial charge in [-0.15, -0.1) is 0 Å². The van der Waals surface area contributed by atoms with Gasteiger partial charge in [0.05, 0.1) is 11.3 Å². The highest BCUT2D eigenvalue weighted by molar-refractivity contribution is 5.95. The number of hydrogen-bond acceptors (Lipinski definition) is 3. The number of nitrogens with zero attached hydrogens (tertiary/aromatic N) is 2. The average molecular weight is 379 g/mol. The van der Waals surface area contributed by atoms with Crippen molar-refractivity contribution in [2.75, 3.05) is 14.1 Å². The summed E-state index contributed by atoms with van der Waals surface area (Å²) in [5.41, 5.74) is 0.391. The van der Waals surface area contributed by atoms with E-state index in [2.05, 4.69) is 10.3 Å². The van der Waals surface area contributed by atoms with Crippen molar-refractivity contribution in [2.24, 2.45) is 0 Å². The van der Waals surface area contributed by atoms with Crippen LogP contribution in [0.1, 0.15) is 29.3 Å². The number of carbonyl (C=O) groups is 2. The Balaban J connectivity index is 2.21. The topological polar surface area (TPSA) is 62.3 Å². The second kappa shape index (κ2) is 8.20. The van der Waals surface area contributed by atoms with Gasteiger partial charge < -0.3 is 10.2 Å². The van der Waals surface area contributed by atoms with Crippen molar-refractivity contribution < 1.29 is 22.8 Å². The lowest BCUT2D eigenvalue weighted by molar-refractivity contribution is -0.137. The van der Waals surface area contributed by atoms with Crippen LogP contribution in [0.5, 0.6) is 0 Å². The van der Waals surface area contributed by atoms with E-state index in [4.69, 9.17) is 0 Å². The molecule has 5 nitrogen and oxygen atoms in total. The third-order valence-corrected chi connectivity index (χ3v) is 4.24. The molecule has 0 fully saturated rings. The molecule has 1 aromatic carbocycles. The molecule has 0 unspecified atom stereocenters. The molecule has 2 rings (SSSR count). The van der Waals surface area contributed by atoms with E-state index < -0.39 is 11.7 Å². The first-order chi connectivity index (χ1) is 12.6. The molecular formula is C19H20F3N3O2. The van der Waals surface area contributed by atoms with Crippen molar-refractivity contribution in [1.29, 1.82) is 0 Å². The molecule has 2 amide bonds. The number of amides is 2. The maximum absolute atomic E-state index is 12.7. The zero-order chi connectivity index (χ0) is 20.2. The van der Waals surface area contributed by atoms with Crippen LogP contribution in [0.2, 0.25) is 0 Å². The first-order valence-electron chi connectivity index (χ1n) is 8.25. The second-order valence-electron chi connectivity index (χ2n) is 6.15. The van der Waals surface area contributed by atoms with E-state index in [0.29, 0.717) is 16.8 Å². The van der Waals surface area contributed by atoms with Crippen LogP contribution in [0, 0.1) is 0 Å². The quantitative estimate of drug-likeness (QED) is 0.867. The van der Waals surface area contributed by atoms with Crippen LogP contribution in [0.25, 0.3) is 11.3 Å². The minimum atomic E-state index is -4.45. The van der Waals surface area contributed by atoms with E-state index in [0.717, 1.165) is 12.3 Å². The number of halogens is 3. The molecule has 0 radical (unpaired) electrons. The monoisotopic (exact) mass is 379 g/mol. The van der Waals surface area contributed by atoms with Crippen LogP contribution in [0.4, 0.5) is 13.2 Å². The van der Waals surface area contributed by atoms with Crippen molar-refractivity contribution in [3.05, 3.63) is 53.7 Å². The highest BCUT2D eigenvalue weighted by atomic mass is 19.4. The van der Waals surface area contributed by atoms with Gasteiger partial charge in [-0.25, -0.2) is 0 Å². The van der Waals surface area contributed by atoms with E-state index in [1.165, 1.54) is 18.0 Å². The van der Waals surface area contributed by atoms with Crippen LogP contribution in [0.15, 0.2) is 42.6 Å². The van der Waals surface area contributed by atoms with Crippen LogP contribution in [-0.2, 0) is 11.0 Å². The molecule has 1 N–H and O–H groups in total. The lowest BCUT2D eigenvalue weighted by atomic mass is 10.1. The van der Waals surface area contributed by atoms with E-state index >= 15 is 0 Å². The highest BCUT2D eigenvalue weighted by Crippen LogP contribution is 2.30. The number of carbonyl (C=O) groups excluding carboxylic acids is 2. The van der Waals surface area contributed by atoms with Gasteiger partial charge in [0.25, 0.3) is 5.91 Å². The average Bonchev–Trinajstić information content (AvgIpc) is 2.66. The SMILES string of the molecule is CNC(=O)C[C@H](C)N(C)C(=O)c1cccc(-c2ccc(C(F)(F)F)cn2)c1. The molecule has 144 valence electrons. The summed E-state index contributed by atoms with van der Waals surface area (Å²) in [4.78, 5) is 29.4. The standard InChI is InChI=1S/C19H20F3N3O2/c1-12(9-17(26)23-2)25(3)18(27)14-6-4-5-13(10-14)16-8-7-15(11-24-16)19(20,21)22/h4-8,10-12H,9H2,1-3H3,(H,23,26)/t12-/m0/s1. The van der Waals surface area contributed by atoms with Gasteiger partial charge in [-0.3, -0.25) is 14.6 Å². The number of aromatic nitrogens is 1. The summed E-state index contributed by atoms with van der Waals surface area (Å²) in [5.74, 6) is -0.468. The number of hydrogen-bond donors (Lipinski definition) is 1. The van der Waals surface area contributed by atoms with Gasteiger partial charge in [0.1, 0.15) is 0 Å². The Morgan fingerprint density at radius 1 is 1.22 bits per heavy atom. The maximum Gasteiger partial charge on any atom is 0.417 e. The molecule has 0 spiro atoms. The lowest BCUT2D eigenvalue weighted by Gasteiger charge is -2.24. The molecule has 0 bridgehead atoms. The van der Waals surface area contributed by atoms with Gasteiger partial charge in [-0.05, 0) is 31.2 Å². The Labute approximate surface area is 155 Å². The number of pyridine rings is 1. The fourth-order valence-corrected chi connectivity index (χ4v) is 2.45. The molecule has 0 aliphatic rings. The van der Waals surface area contributed by atoms with Crippen molar-refractivity contribution >= 4 is 11.8 Å². The summed E-state index contributed by atoms with van der Waals surface area (Å²) in [6.07, 6.45) is -3.52. The van der Waals surface area contributed by atoms with Crippen LogP contribution < -0.4 is 5.32 Å². The largest absolute Gasteiger partial charge is 0.417 e. The molecule has 0 saturated carbocycles. The number of rotatable bonds is 5. The third kappa shape index (κ3) is 5.06. The van der Waals surface area contributed by atoms with Gasteiger partial charge >= 0.3 is 6.18 Å². The molecule has 1 atom stereocenters. The van der Waals surface area contributed by atoms with Gasteiger partial charge in [0.2, 0.25) is 5.91 Å². The fourth-order valence-electron chi connectivity index (χ4n) is 2.45. The second-order valence-corrected chi connectivity index (χ2v) is 6.15. The Bertz CT molecular complexity index is 820. The number of nitrogens with one attached hydrogen (secondary N) is 1. The predicted octanol–water partition coefficient (Wildman–Crippen LogP) is 3.36. The molecule has 0 saturated heterocycles. The zero-order valence-electron chi connectivity index (χ0n) is 15.2. The minimum absolute atomic E-state index is 0.166. The van der Waals surface area contributed by atoms with Crippen molar-refractivity contribution in [1.82, 2.24) is 15.2 Å². The van der Waals surface area contributed by atoms with Crippen molar-refractivity contribution in [3.8, 4) is 11.3 Å². The molecule has 2 aromatic rings. The summed E-state index contributed by atoms with van der Waals surface area (Å²) < 4.78 is 38.0. The first-order valence-corrected chi connectivity index (χ1v) is 8.25. The molecular weight excluding hydrogens is 359 g/mol.